The fourth-order valence-corrected chi connectivity index (χ4v) is 3.12. The fraction of sp³-hybridized carbons (Fsp3) is 0.316. The summed E-state index contributed by atoms with van der Waals surface area (Å²) in [7, 11) is 3.73. The Morgan fingerprint density at radius 2 is 1.78 bits per heavy atom. The van der Waals surface area contributed by atoms with Crippen LogP contribution in [0.3, 0.4) is 0 Å². The average molecular weight is 367 g/mol. The summed E-state index contributed by atoms with van der Waals surface area (Å²) >= 11 is 0. The Hall–Kier alpha value is -3.29. The van der Waals surface area contributed by atoms with Crippen LogP contribution in [0.5, 0.6) is 0 Å². The average Bonchev–Trinajstić information content (AvgIpc) is 2.92. The molecule has 3 aromatic rings. The van der Waals surface area contributed by atoms with Gasteiger partial charge in [0.1, 0.15) is 18.1 Å². The topological polar surface area (TPSA) is 79.9 Å². The predicted molar refractivity (Wildman–Crippen MR) is 105 cm³/mol. The highest BCUT2D eigenvalue weighted by atomic mass is 16.6. The second kappa shape index (κ2) is 7.53. The van der Waals surface area contributed by atoms with E-state index in [1.807, 2.05) is 47.7 Å². The second-order valence-electron chi connectivity index (χ2n) is 6.22. The standard InChI is InChI=1S/C19H23N6O2/c1-5-24(6-2)15-9-7-14(8-10-15)20-21-19-17-13-16(25(26)27)11-12-18(17)22(3)23(19)4/h7-13H,5-6H2,1-4H3/q+1. The van der Waals surface area contributed by atoms with Gasteiger partial charge < -0.3 is 4.90 Å². The number of nitro benzene ring substituents is 1. The number of aromatic nitrogens is 2. The molecule has 140 valence electrons. The second-order valence-corrected chi connectivity index (χ2v) is 6.22. The zero-order valence-corrected chi connectivity index (χ0v) is 16.0. The van der Waals surface area contributed by atoms with Crippen LogP contribution in [0.25, 0.3) is 10.9 Å². The van der Waals surface area contributed by atoms with Crippen LogP contribution in [0, 0.1) is 10.1 Å². The van der Waals surface area contributed by atoms with E-state index in [1.165, 1.54) is 12.1 Å². The summed E-state index contributed by atoms with van der Waals surface area (Å²) in [6.45, 7) is 6.14. The van der Waals surface area contributed by atoms with Crippen LogP contribution in [-0.2, 0) is 14.1 Å². The SMILES string of the molecule is CCN(CC)c1ccc(N=Nc2c3cc([N+](=O)[O-])ccc3n(C)[n+]2C)cc1. The van der Waals surface area contributed by atoms with Gasteiger partial charge in [0.05, 0.1) is 15.6 Å². The highest BCUT2D eigenvalue weighted by Crippen LogP contribution is 2.29. The molecule has 0 spiro atoms. The van der Waals surface area contributed by atoms with E-state index in [-0.39, 0.29) is 5.69 Å². The van der Waals surface area contributed by atoms with Crippen LogP contribution < -0.4 is 9.58 Å². The minimum atomic E-state index is -0.403. The quantitative estimate of drug-likeness (QED) is 0.284. The minimum absolute atomic E-state index is 0.0359. The summed E-state index contributed by atoms with van der Waals surface area (Å²) in [5.74, 6) is 0.573. The molecule has 2 aromatic carbocycles. The van der Waals surface area contributed by atoms with Crippen molar-refractivity contribution in [2.24, 2.45) is 24.3 Å². The molecule has 0 radical (unpaired) electrons. The van der Waals surface area contributed by atoms with E-state index in [0.29, 0.717) is 11.2 Å². The maximum Gasteiger partial charge on any atom is 0.378 e. The molecular formula is C19H23N6O2+. The monoisotopic (exact) mass is 367 g/mol. The molecule has 0 aliphatic heterocycles. The Kier molecular flexibility index (Phi) is 5.16. The third-order valence-electron chi connectivity index (χ3n) is 4.78. The summed E-state index contributed by atoms with van der Waals surface area (Å²) in [4.78, 5) is 12.9. The van der Waals surface area contributed by atoms with E-state index in [1.54, 1.807) is 6.07 Å². The van der Waals surface area contributed by atoms with E-state index in [4.69, 9.17) is 0 Å². The van der Waals surface area contributed by atoms with Crippen molar-refractivity contribution in [1.29, 1.82) is 0 Å². The molecule has 0 saturated heterocycles. The van der Waals surface area contributed by atoms with Crippen LogP contribution in [0.15, 0.2) is 52.7 Å². The summed E-state index contributed by atoms with van der Waals surface area (Å²) in [5, 5.41) is 20.5. The van der Waals surface area contributed by atoms with E-state index in [2.05, 4.69) is 29.0 Å². The Morgan fingerprint density at radius 1 is 1.11 bits per heavy atom. The van der Waals surface area contributed by atoms with Gasteiger partial charge in [-0.1, -0.05) is 0 Å². The Bertz CT molecular complexity index is 1000. The van der Waals surface area contributed by atoms with Gasteiger partial charge in [-0.05, 0) is 49.3 Å². The molecule has 3 rings (SSSR count). The highest BCUT2D eigenvalue weighted by molar-refractivity contribution is 5.88. The summed E-state index contributed by atoms with van der Waals surface area (Å²) in [6.07, 6.45) is 0. The maximum atomic E-state index is 11.1. The maximum absolute atomic E-state index is 11.1. The highest BCUT2D eigenvalue weighted by Gasteiger charge is 2.22. The van der Waals surface area contributed by atoms with Crippen LogP contribution in [0.4, 0.5) is 22.9 Å². The number of benzene rings is 2. The Labute approximate surface area is 157 Å². The first-order chi connectivity index (χ1) is 13.0. The number of anilines is 1. The van der Waals surface area contributed by atoms with Crippen LogP contribution >= 0.6 is 0 Å². The van der Waals surface area contributed by atoms with E-state index in [9.17, 15) is 10.1 Å². The van der Waals surface area contributed by atoms with E-state index in [0.717, 1.165) is 30.0 Å². The van der Waals surface area contributed by atoms with Gasteiger partial charge in [-0.3, -0.25) is 10.1 Å². The molecule has 0 fully saturated rings. The molecule has 0 bridgehead atoms. The number of non-ortho nitro benzene ring substituents is 1. The lowest BCUT2D eigenvalue weighted by molar-refractivity contribution is -0.737. The normalized spacial score (nSPS) is 11.4. The van der Waals surface area contributed by atoms with Crippen molar-refractivity contribution >= 4 is 33.8 Å². The zero-order chi connectivity index (χ0) is 19.6. The van der Waals surface area contributed by atoms with Gasteiger partial charge in [-0.15, -0.1) is 0 Å². The molecule has 8 heteroatoms. The predicted octanol–water partition coefficient (Wildman–Crippen LogP) is 4.17. The van der Waals surface area contributed by atoms with E-state index >= 15 is 0 Å². The lowest BCUT2D eigenvalue weighted by atomic mass is 10.2. The fourth-order valence-electron chi connectivity index (χ4n) is 3.12. The van der Waals surface area contributed by atoms with Gasteiger partial charge in [0.25, 0.3) is 5.69 Å². The Morgan fingerprint density at radius 3 is 2.37 bits per heavy atom. The first-order valence-electron chi connectivity index (χ1n) is 8.86. The number of azo groups is 1. The molecule has 0 aliphatic carbocycles. The summed E-state index contributed by atoms with van der Waals surface area (Å²) < 4.78 is 3.71. The van der Waals surface area contributed by atoms with Crippen molar-refractivity contribution in [3.63, 3.8) is 0 Å². The van der Waals surface area contributed by atoms with Gasteiger partial charge in [0.15, 0.2) is 0 Å². The van der Waals surface area contributed by atoms with Gasteiger partial charge >= 0.3 is 5.82 Å². The number of aryl methyl sites for hydroxylation is 1. The molecule has 1 heterocycles. The van der Waals surface area contributed by atoms with Crippen molar-refractivity contribution in [3.8, 4) is 0 Å². The molecule has 27 heavy (non-hydrogen) atoms. The minimum Gasteiger partial charge on any atom is -0.372 e. The van der Waals surface area contributed by atoms with Crippen molar-refractivity contribution < 1.29 is 9.61 Å². The number of rotatable bonds is 6. The van der Waals surface area contributed by atoms with Crippen LogP contribution in [-0.4, -0.2) is 22.7 Å². The number of hydrogen-bond acceptors (Lipinski definition) is 5. The lowest BCUT2D eigenvalue weighted by Crippen LogP contribution is -2.36. The first-order valence-corrected chi connectivity index (χ1v) is 8.86. The number of fused-ring (bicyclic) bond motifs is 1. The number of nitrogens with zero attached hydrogens (tertiary/aromatic N) is 6. The molecule has 8 nitrogen and oxygen atoms in total. The Balaban J connectivity index is 1.97. The van der Waals surface area contributed by atoms with Crippen molar-refractivity contribution in [2.75, 3.05) is 18.0 Å². The molecule has 0 N–H and O–H groups in total. The molecular weight excluding hydrogens is 344 g/mol. The molecule has 0 amide bonds. The molecule has 0 aliphatic rings. The summed E-state index contributed by atoms with van der Waals surface area (Å²) in [6, 6.07) is 12.6. The molecule has 0 saturated carbocycles. The van der Waals surface area contributed by atoms with E-state index < -0.39 is 4.92 Å². The van der Waals surface area contributed by atoms with Crippen LogP contribution in [0.2, 0.25) is 0 Å². The largest absolute Gasteiger partial charge is 0.378 e. The third kappa shape index (κ3) is 3.51. The van der Waals surface area contributed by atoms with Gasteiger partial charge in [0, 0.05) is 38.0 Å². The van der Waals surface area contributed by atoms with Crippen molar-refractivity contribution in [2.45, 2.75) is 13.8 Å². The lowest BCUT2D eigenvalue weighted by Gasteiger charge is -2.20. The molecule has 0 atom stereocenters. The first kappa shape index (κ1) is 18.5. The molecule has 0 unspecified atom stereocenters. The van der Waals surface area contributed by atoms with Crippen molar-refractivity contribution in [3.05, 3.63) is 52.6 Å². The number of nitro groups is 1. The third-order valence-corrected chi connectivity index (χ3v) is 4.78. The molecule has 1 aromatic heterocycles. The van der Waals surface area contributed by atoms with Crippen LogP contribution in [0.1, 0.15) is 13.8 Å². The summed E-state index contributed by atoms with van der Waals surface area (Å²) in [5.41, 5.74) is 2.77. The van der Waals surface area contributed by atoms with Gasteiger partial charge in [-0.25, -0.2) is 4.68 Å². The van der Waals surface area contributed by atoms with Gasteiger partial charge in [0.2, 0.25) is 0 Å². The number of hydrogen-bond donors (Lipinski definition) is 0. The zero-order valence-electron chi connectivity index (χ0n) is 16.0. The van der Waals surface area contributed by atoms with Gasteiger partial charge in [-0.2, -0.15) is 4.68 Å². The smallest absolute Gasteiger partial charge is 0.372 e. The van der Waals surface area contributed by atoms with Crippen molar-refractivity contribution in [1.82, 2.24) is 4.68 Å².